The summed E-state index contributed by atoms with van der Waals surface area (Å²) in [4.78, 5) is 12.9. The van der Waals surface area contributed by atoms with Crippen LogP contribution in [0, 0.1) is 6.92 Å². The number of rotatable bonds is 0. The molecule has 0 radical (unpaired) electrons. The van der Waals surface area contributed by atoms with Gasteiger partial charge in [-0.1, -0.05) is 32.4 Å². The highest BCUT2D eigenvalue weighted by atomic mass is 35.5. The van der Waals surface area contributed by atoms with Crippen LogP contribution in [-0.2, 0) is 5.41 Å². The molecule has 4 heteroatoms. The molecule has 0 aromatic carbocycles. The average molecular weight is 236 g/mol. The number of fused-ring (bicyclic) bond motifs is 1. The van der Waals surface area contributed by atoms with E-state index in [-0.39, 0.29) is 5.41 Å². The number of nitrogens with zero attached hydrogens (tertiary/aromatic N) is 3. The molecule has 0 unspecified atom stereocenters. The van der Waals surface area contributed by atoms with Crippen molar-refractivity contribution in [1.29, 1.82) is 0 Å². The molecule has 2 rings (SSSR count). The Morgan fingerprint density at radius 3 is 2.38 bits per heavy atom. The van der Waals surface area contributed by atoms with E-state index < -0.39 is 0 Å². The van der Waals surface area contributed by atoms with Gasteiger partial charge in [-0.05, 0) is 19.1 Å². The summed E-state index contributed by atoms with van der Waals surface area (Å²) in [6.07, 6.45) is 0. The van der Waals surface area contributed by atoms with Crippen molar-refractivity contribution < 1.29 is 0 Å². The molecule has 16 heavy (non-hydrogen) atoms. The van der Waals surface area contributed by atoms with Crippen LogP contribution in [0.25, 0.3) is 11.0 Å². The van der Waals surface area contributed by atoms with Gasteiger partial charge in [0.05, 0.1) is 5.39 Å². The molecule has 2 aromatic heterocycles. The Kier molecular flexibility index (Phi) is 2.58. The van der Waals surface area contributed by atoms with Gasteiger partial charge in [-0.3, -0.25) is 0 Å². The van der Waals surface area contributed by atoms with Gasteiger partial charge in [0.1, 0.15) is 11.0 Å². The lowest BCUT2D eigenvalue weighted by Gasteiger charge is -2.17. The highest BCUT2D eigenvalue weighted by Gasteiger charge is 2.16. The number of pyridine rings is 1. The number of halogens is 1. The van der Waals surface area contributed by atoms with Crippen molar-refractivity contribution in [1.82, 2.24) is 15.0 Å². The van der Waals surface area contributed by atoms with E-state index in [0.29, 0.717) is 16.6 Å². The molecule has 0 aliphatic heterocycles. The molecule has 0 N–H and O–H groups in total. The second-order valence-corrected chi connectivity index (χ2v) is 5.24. The fraction of sp³-hybridized carbons (Fsp3) is 0.417. The lowest BCUT2D eigenvalue weighted by atomic mass is 9.91. The third-order valence-corrected chi connectivity index (χ3v) is 2.68. The highest BCUT2D eigenvalue weighted by molar-refractivity contribution is 6.33. The molecule has 0 atom stereocenters. The number of aryl methyl sites for hydroxylation is 1. The van der Waals surface area contributed by atoms with Gasteiger partial charge in [0.15, 0.2) is 5.65 Å². The molecule has 3 nitrogen and oxygen atoms in total. The van der Waals surface area contributed by atoms with Crippen molar-refractivity contribution in [2.75, 3.05) is 0 Å². The standard InChI is InChI=1S/C12H14ClN3/c1-7-14-10(13)8-5-6-9(12(2,3)4)16-11(8)15-7/h5-6H,1-4H3. The van der Waals surface area contributed by atoms with Crippen LogP contribution in [0.4, 0.5) is 0 Å². The fourth-order valence-corrected chi connectivity index (χ4v) is 1.76. The summed E-state index contributed by atoms with van der Waals surface area (Å²) >= 11 is 6.04. The molecule has 0 saturated carbocycles. The predicted molar refractivity (Wildman–Crippen MR) is 65.8 cm³/mol. The number of hydrogen-bond acceptors (Lipinski definition) is 3. The molecule has 0 bridgehead atoms. The first-order valence-corrected chi connectivity index (χ1v) is 5.57. The number of aromatic nitrogens is 3. The zero-order valence-electron chi connectivity index (χ0n) is 9.87. The Labute approximate surface area is 99.9 Å². The highest BCUT2D eigenvalue weighted by Crippen LogP contribution is 2.24. The van der Waals surface area contributed by atoms with Crippen molar-refractivity contribution >= 4 is 22.6 Å². The van der Waals surface area contributed by atoms with E-state index in [1.54, 1.807) is 0 Å². The molecule has 0 saturated heterocycles. The molecular weight excluding hydrogens is 222 g/mol. The first-order chi connectivity index (χ1) is 7.38. The van der Waals surface area contributed by atoms with Gasteiger partial charge in [0.25, 0.3) is 0 Å². The minimum Gasteiger partial charge on any atom is -0.232 e. The zero-order valence-corrected chi connectivity index (χ0v) is 10.6. The summed E-state index contributed by atoms with van der Waals surface area (Å²) in [6.45, 7) is 8.18. The van der Waals surface area contributed by atoms with Crippen LogP contribution >= 0.6 is 11.6 Å². The molecular formula is C12H14ClN3. The van der Waals surface area contributed by atoms with E-state index in [2.05, 4.69) is 35.7 Å². The summed E-state index contributed by atoms with van der Waals surface area (Å²) in [6, 6.07) is 3.91. The van der Waals surface area contributed by atoms with Crippen molar-refractivity contribution in [2.24, 2.45) is 0 Å². The lowest BCUT2D eigenvalue weighted by molar-refractivity contribution is 0.571. The fourth-order valence-electron chi connectivity index (χ4n) is 1.49. The van der Waals surface area contributed by atoms with E-state index in [9.17, 15) is 0 Å². The smallest absolute Gasteiger partial charge is 0.164 e. The summed E-state index contributed by atoms with van der Waals surface area (Å²) in [5.41, 5.74) is 1.69. The van der Waals surface area contributed by atoms with Crippen molar-refractivity contribution in [3.05, 3.63) is 28.8 Å². The minimum absolute atomic E-state index is 0.0134. The molecule has 84 valence electrons. The van der Waals surface area contributed by atoms with Gasteiger partial charge in [-0.25, -0.2) is 15.0 Å². The SMILES string of the molecule is Cc1nc(Cl)c2ccc(C(C)(C)C)nc2n1. The van der Waals surface area contributed by atoms with E-state index in [1.165, 1.54) is 0 Å². The molecule has 2 aromatic rings. The summed E-state index contributed by atoms with van der Waals surface area (Å²) in [5, 5.41) is 1.27. The van der Waals surface area contributed by atoms with Gasteiger partial charge < -0.3 is 0 Å². The Bertz CT molecular complexity index is 544. The first-order valence-electron chi connectivity index (χ1n) is 5.19. The van der Waals surface area contributed by atoms with Crippen LogP contribution in [0.5, 0.6) is 0 Å². The molecule has 0 aliphatic carbocycles. The quantitative estimate of drug-likeness (QED) is 0.658. The maximum absolute atomic E-state index is 6.04. The van der Waals surface area contributed by atoms with Crippen LogP contribution in [0.2, 0.25) is 5.15 Å². The van der Waals surface area contributed by atoms with Gasteiger partial charge in [0, 0.05) is 11.1 Å². The van der Waals surface area contributed by atoms with Gasteiger partial charge in [0.2, 0.25) is 0 Å². The molecule has 0 fully saturated rings. The van der Waals surface area contributed by atoms with Crippen LogP contribution in [0.15, 0.2) is 12.1 Å². The number of hydrogen-bond donors (Lipinski definition) is 0. The Balaban J connectivity index is 2.71. The van der Waals surface area contributed by atoms with E-state index >= 15 is 0 Å². The molecule has 0 spiro atoms. The Hall–Kier alpha value is -1.22. The minimum atomic E-state index is 0.0134. The van der Waals surface area contributed by atoms with E-state index in [1.807, 2.05) is 19.1 Å². The predicted octanol–water partition coefficient (Wildman–Crippen LogP) is 3.28. The summed E-state index contributed by atoms with van der Waals surface area (Å²) in [5.74, 6) is 0.649. The van der Waals surface area contributed by atoms with Crippen LogP contribution in [-0.4, -0.2) is 15.0 Å². The Morgan fingerprint density at radius 1 is 1.06 bits per heavy atom. The third kappa shape index (κ3) is 2.00. The maximum atomic E-state index is 6.04. The second-order valence-electron chi connectivity index (χ2n) is 4.88. The summed E-state index contributed by atoms with van der Waals surface area (Å²) in [7, 11) is 0. The average Bonchev–Trinajstić information content (AvgIpc) is 2.15. The van der Waals surface area contributed by atoms with E-state index in [0.717, 1.165) is 11.1 Å². The topological polar surface area (TPSA) is 38.7 Å². The first kappa shape index (κ1) is 11.3. The zero-order chi connectivity index (χ0) is 11.9. The van der Waals surface area contributed by atoms with Crippen LogP contribution < -0.4 is 0 Å². The van der Waals surface area contributed by atoms with Gasteiger partial charge >= 0.3 is 0 Å². The normalized spacial score (nSPS) is 12.1. The van der Waals surface area contributed by atoms with Crippen LogP contribution in [0.3, 0.4) is 0 Å². The summed E-state index contributed by atoms with van der Waals surface area (Å²) < 4.78 is 0. The van der Waals surface area contributed by atoms with Crippen molar-refractivity contribution in [2.45, 2.75) is 33.1 Å². The largest absolute Gasteiger partial charge is 0.232 e. The molecule has 0 aliphatic rings. The maximum Gasteiger partial charge on any atom is 0.164 e. The van der Waals surface area contributed by atoms with Gasteiger partial charge in [-0.15, -0.1) is 0 Å². The van der Waals surface area contributed by atoms with Crippen LogP contribution in [0.1, 0.15) is 32.3 Å². The second kappa shape index (κ2) is 3.67. The lowest BCUT2D eigenvalue weighted by Crippen LogP contribution is -2.13. The Morgan fingerprint density at radius 2 is 1.75 bits per heavy atom. The van der Waals surface area contributed by atoms with E-state index in [4.69, 9.17) is 11.6 Å². The third-order valence-electron chi connectivity index (χ3n) is 2.39. The van der Waals surface area contributed by atoms with Crippen molar-refractivity contribution in [3.8, 4) is 0 Å². The molecule has 0 amide bonds. The molecule has 2 heterocycles. The monoisotopic (exact) mass is 235 g/mol. The van der Waals surface area contributed by atoms with Crippen molar-refractivity contribution in [3.63, 3.8) is 0 Å². The van der Waals surface area contributed by atoms with Gasteiger partial charge in [-0.2, -0.15) is 0 Å².